The van der Waals surface area contributed by atoms with Crippen LogP contribution in [0.2, 0.25) is 0 Å². The Morgan fingerprint density at radius 3 is 2.92 bits per heavy atom. The van der Waals surface area contributed by atoms with Crippen molar-refractivity contribution in [3.05, 3.63) is 23.9 Å². The Labute approximate surface area is 77.4 Å². The normalized spacial score (nSPS) is 12.1. The second kappa shape index (κ2) is 3.99. The van der Waals surface area contributed by atoms with Crippen LogP contribution in [-0.4, -0.2) is 26.5 Å². The van der Waals surface area contributed by atoms with Crippen LogP contribution in [0.15, 0.2) is 18.3 Å². The number of pyridine rings is 1. The minimum Gasteiger partial charge on any atom is -0.478 e. The zero-order chi connectivity index (χ0) is 9.84. The first-order chi connectivity index (χ1) is 6.09. The van der Waals surface area contributed by atoms with Gasteiger partial charge in [0.05, 0.1) is 5.56 Å². The van der Waals surface area contributed by atoms with E-state index in [9.17, 15) is 9.00 Å². The molecule has 0 saturated heterocycles. The van der Waals surface area contributed by atoms with Crippen molar-refractivity contribution < 1.29 is 14.1 Å². The standard InChI is InChI=1S/C7H8N2O3S/c1-13(12)9-6-4-5(7(10)11)2-3-8-6/h2-4H,1H3,(H,8,9)(H,10,11). The number of anilines is 1. The Bertz CT molecular complexity index is 353. The molecule has 0 aliphatic rings. The second-order valence-electron chi connectivity index (χ2n) is 2.29. The molecule has 0 radical (unpaired) electrons. The smallest absolute Gasteiger partial charge is 0.335 e. The number of rotatable bonds is 3. The zero-order valence-corrected chi connectivity index (χ0v) is 7.67. The molecule has 5 nitrogen and oxygen atoms in total. The summed E-state index contributed by atoms with van der Waals surface area (Å²) in [5.41, 5.74) is 0.114. The monoisotopic (exact) mass is 200 g/mol. The van der Waals surface area contributed by atoms with E-state index in [0.29, 0.717) is 5.82 Å². The fraction of sp³-hybridized carbons (Fsp3) is 0.143. The highest BCUT2D eigenvalue weighted by atomic mass is 32.2. The summed E-state index contributed by atoms with van der Waals surface area (Å²) < 4.78 is 13.2. The van der Waals surface area contributed by atoms with Gasteiger partial charge in [-0.15, -0.1) is 0 Å². The average Bonchev–Trinajstić information content (AvgIpc) is 2.03. The summed E-state index contributed by atoms with van der Waals surface area (Å²) in [7, 11) is -1.24. The summed E-state index contributed by atoms with van der Waals surface area (Å²) in [5, 5.41) is 8.61. The van der Waals surface area contributed by atoms with Crippen molar-refractivity contribution in [1.29, 1.82) is 0 Å². The van der Waals surface area contributed by atoms with Crippen LogP contribution < -0.4 is 4.72 Å². The molecule has 0 saturated carbocycles. The number of carboxylic acids is 1. The van der Waals surface area contributed by atoms with E-state index in [2.05, 4.69) is 9.71 Å². The summed E-state index contributed by atoms with van der Waals surface area (Å²) in [6, 6.07) is 2.69. The summed E-state index contributed by atoms with van der Waals surface area (Å²) in [5.74, 6) is -0.743. The molecule has 0 aromatic carbocycles. The van der Waals surface area contributed by atoms with Crippen LogP contribution in [0.1, 0.15) is 10.4 Å². The van der Waals surface area contributed by atoms with Crippen molar-refractivity contribution >= 4 is 22.8 Å². The molecule has 2 N–H and O–H groups in total. The molecule has 13 heavy (non-hydrogen) atoms. The van der Waals surface area contributed by atoms with Gasteiger partial charge in [-0.3, -0.25) is 4.72 Å². The molecule has 70 valence electrons. The summed E-state index contributed by atoms with van der Waals surface area (Å²) >= 11 is 0. The Balaban J connectivity index is 2.91. The molecular weight excluding hydrogens is 192 g/mol. The van der Waals surface area contributed by atoms with Gasteiger partial charge in [0.2, 0.25) is 0 Å². The molecule has 1 aromatic heterocycles. The van der Waals surface area contributed by atoms with Crippen LogP contribution >= 0.6 is 0 Å². The van der Waals surface area contributed by atoms with E-state index < -0.39 is 17.0 Å². The highest BCUT2D eigenvalue weighted by Gasteiger charge is 2.03. The van der Waals surface area contributed by atoms with E-state index in [4.69, 9.17) is 5.11 Å². The van der Waals surface area contributed by atoms with Crippen molar-refractivity contribution in [1.82, 2.24) is 4.98 Å². The van der Waals surface area contributed by atoms with Gasteiger partial charge in [-0.25, -0.2) is 14.0 Å². The maximum atomic E-state index is 10.7. The van der Waals surface area contributed by atoms with E-state index in [1.54, 1.807) is 0 Å². The van der Waals surface area contributed by atoms with Gasteiger partial charge in [0.25, 0.3) is 0 Å². The first-order valence-electron chi connectivity index (χ1n) is 3.39. The predicted octanol–water partition coefficient (Wildman–Crippen LogP) is 0.485. The van der Waals surface area contributed by atoms with Gasteiger partial charge in [0.15, 0.2) is 0 Å². The van der Waals surface area contributed by atoms with Crippen LogP contribution in [0.25, 0.3) is 0 Å². The molecule has 1 heterocycles. The van der Waals surface area contributed by atoms with Gasteiger partial charge in [0.1, 0.15) is 16.8 Å². The minimum absolute atomic E-state index is 0.114. The van der Waals surface area contributed by atoms with Crippen molar-refractivity contribution in [3.63, 3.8) is 0 Å². The highest BCUT2D eigenvalue weighted by molar-refractivity contribution is 7.85. The number of hydrogen-bond donors (Lipinski definition) is 2. The first kappa shape index (κ1) is 9.66. The van der Waals surface area contributed by atoms with Gasteiger partial charge in [0, 0.05) is 12.5 Å². The molecule has 6 heteroatoms. The molecule has 0 amide bonds. The lowest BCUT2D eigenvalue weighted by Crippen LogP contribution is -2.05. The molecule has 0 aliphatic heterocycles. The number of carboxylic acid groups (broad SMARTS) is 1. The second-order valence-corrected chi connectivity index (χ2v) is 3.40. The number of nitrogens with one attached hydrogen (secondary N) is 1. The summed E-state index contributed by atoms with van der Waals surface area (Å²) in [4.78, 5) is 14.3. The van der Waals surface area contributed by atoms with E-state index in [-0.39, 0.29) is 5.56 Å². The number of hydrogen-bond acceptors (Lipinski definition) is 3. The van der Waals surface area contributed by atoms with Crippen molar-refractivity contribution in [2.24, 2.45) is 0 Å². The summed E-state index contributed by atoms with van der Waals surface area (Å²) in [6.45, 7) is 0. The van der Waals surface area contributed by atoms with E-state index in [1.807, 2.05) is 0 Å². The Hall–Kier alpha value is -1.43. The number of aromatic nitrogens is 1. The van der Waals surface area contributed by atoms with Crippen LogP contribution in [0.4, 0.5) is 5.82 Å². The Kier molecular flexibility index (Phi) is 2.97. The van der Waals surface area contributed by atoms with Crippen molar-refractivity contribution in [2.75, 3.05) is 11.0 Å². The minimum atomic E-state index is -1.24. The lowest BCUT2D eigenvalue weighted by molar-refractivity contribution is 0.0697. The van der Waals surface area contributed by atoms with Crippen LogP contribution in [0.3, 0.4) is 0 Å². The van der Waals surface area contributed by atoms with E-state index in [1.165, 1.54) is 24.6 Å². The van der Waals surface area contributed by atoms with E-state index in [0.717, 1.165) is 0 Å². The maximum Gasteiger partial charge on any atom is 0.335 e. The van der Waals surface area contributed by atoms with Gasteiger partial charge in [-0.1, -0.05) is 0 Å². The Morgan fingerprint density at radius 1 is 1.69 bits per heavy atom. The fourth-order valence-corrected chi connectivity index (χ4v) is 1.17. The third kappa shape index (κ3) is 2.83. The van der Waals surface area contributed by atoms with Gasteiger partial charge >= 0.3 is 5.97 Å². The van der Waals surface area contributed by atoms with Crippen LogP contribution in [0.5, 0.6) is 0 Å². The zero-order valence-electron chi connectivity index (χ0n) is 6.85. The van der Waals surface area contributed by atoms with E-state index >= 15 is 0 Å². The lowest BCUT2D eigenvalue weighted by atomic mass is 10.3. The topological polar surface area (TPSA) is 79.3 Å². The predicted molar refractivity (Wildman–Crippen MR) is 48.9 cm³/mol. The molecule has 1 rings (SSSR count). The number of aromatic carboxylic acids is 1. The highest BCUT2D eigenvalue weighted by Crippen LogP contribution is 2.06. The number of nitrogens with zero attached hydrogens (tertiary/aromatic N) is 1. The largest absolute Gasteiger partial charge is 0.478 e. The first-order valence-corrected chi connectivity index (χ1v) is 4.95. The molecule has 0 fully saturated rings. The number of carbonyl (C=O) groups is 1. The van der Waals surface area contributed by atoms with Gasteiger partial charge in [-0.05, 0) is 12.1 Å². The molecule has 0 spiro atoms. The quantitative estimate of drug-likeness (QED) is 0.744. The average molecular weight is 200 g/mol. The molecule has 0 aliphatic carbocycles. The van der Waals surface area contributed by atoms with Crippen molar-refractivity contribution in [3.8, 4) is 0 Å². The molecule has 1 unspecified atom stereocenters. The molecule has 1 atom stereocenters. The molecular formula is C7H8N2O3S. The maximum absolute atomic E-state index is 10.7. The van der Waals surface area contributed by atoms with Crippen molar-refractivity contribution in [2.45, 2.75) is 0 Å². The third-order valence-corrected chi connectivity index (χ3v) is 1.75. The molecule has 0 bridgehead atoms. The van der Waals surface area contributed by atoms with Gasteiger partial charge < -0.3 is 5.11 Å². The SMILES string of the molecule is CS(=O)Nc1cc(C(=O)O)ccn1. The fourth-order valence-electron chi connectivity index (χ4n) is 0.767. The molecule has 1 aromatic rings. The Morgan fingerprint density at radius 2 is 2.38 bits per heavy atom. The van der Waals surface area contributed by atoms with Crippen LogP contribution in [0, 0.1) is 0 Å². The third-order valence-electron chi connectivity index (χ3n) is 1.26. The van der Waals surface area contributed by atoms with Crippen LogP contribution in [-0.2, 0) is 11.0 Å². The lowest BCUT2D eigenvalue weighted by Gasteiger charge is -2.01. The summed E-state index contributed by atoms with van der Waals surface area (Å²) in [6.07, 6.45) is 2.79. The van der Waals surface area contributed by atoms with Gasteiger partial charge in [-0.2, -0.15) is 0 Å².